The van der Waals surface area contributed by atoms with Crippen LogP contribution in [0.2, 0.25) is 0 Å². The largest absolute Gasteiger partial charge is 0.477 e. The number of nitrogens with zero attached hydrogens (tertiary/aromatic N) is 3. The Morgan fingerprint density at radius 2 is 2.18 bits per heavy atom. The van der Waals surface area contributed by atoms with E-state index in [4.69, 9.17) is 10.5 Å². The van der Waals surface area contributed by atoms with Gasteiger partial charge in [-0.05, 0) is 44.7 Å². The average molecular weight is 323 g/mol. The van der Waals surface area contributed by atoms with E-state index in [1.54, 1.807) is 12.4 Å². The van der Waals surface area contributed by atoms with E-state index in [2.05, 4.69) is 20.2 Å². The predicted molar refractivity (Wildman–Crippen MR) is 90.9 cm³/mol. The SMILES string of the molecule is NC1CN(c2cnc(OCCCC3CCNCC3)cn2)CP1. The number of nitrogens with two attached hydrogens (primary N) is 1. The fourth-order valence-corrected chi connectivity index (χ4v) is 4.13. The number of nitrogens with one attached hydrogen (secondary N) is 1. The molecule has 3 N–H and O–H groups in total. The van der Waals surface area contributed by atoms with Crippen molar-refractivity contribution in [1.82, 2.24) is 15.3 Å². The Kier molecular flexibility index (Phi) is 5.82. The first-order valence-electron chi connectivity index (χ1n) is 8.21. The molecule has 122 valence electrons. The highest BCUT2D eigenvalue weighted by molar-refractivity contribution is 7.39. The molecule has 1 aromatic rings. The molecule has 0 bridgehead atoms. The van der Waals surface area contributed by atoms with Crippen LogP contribution in [0.1, 0.15) is 25.7 Å². The summed E-state index contributed by atoms with van der Waals surface area (Å²) in [6.45, 7) is 3.94. The topological polar surface area (TPSA) is 76.3 Å². The van der Waals surface area contributed by atoms with Crippen LogP contribution in [-0.2, 0) is 0 Å². The van der Waals surface area contributed by atoms with Gasteiger partial charge in [0, 0.05) is 18.6 Å². The number of piperidine rings is 1. The maximum Gasteiger partial charge on any atom is 0.232 e. The summed E-state index contributed by atoms with van der Waals surface area (Å²) in [5, 5.41) is 3.40. The zero-order chi connectivity index (χ0) is 15.2. The first-order valence-corrected chi connectivity index (χ1v) is 9.49. The van der Waals surface area contributed by atoms with Gasteiger partial charge in [-0.1, -0.05) is 8.58 Å². The Morgan fingerprint density at radius 1 is 1.32 bits per heavy atom. The molecule has 0 aliphatic carbocycles. The Morgan fingerprint density at radius 3 is 2.86 bits per heavy atom. The summed E-state index contributed by atoms with van der Waals surface area (Å²) in [5.74, 6) is 2.67. The van der Waals surface area contributed by atoms with E-state index < -0.39 is 0 Å². The van der Waals surface area contributed by atoms with Crippen LogP contribution in [0.5, 0.6) is 5.88 Å². The van der Waals surface area contributed by atoms with Crippen LogP contribution < -0.4 is 20.7 Å². The van der Waals surface area contributed by atoms with E-state index in [1.807, 2.05) is 0 Å². The number of ether oxygens (including phenoxy) is 1. The van der Waals surface area contributed by atoms with Crippen molar-refractivity contribution in [2.45, 2.75) is 31.5 Å². The molecule has 0 spiro atoms. The summed E-state index contributed by atoms with van der Waals surface area (Å²) in [6, 6.07) is 0. The molecule has 3 heterocycles. The standard InChI is InChI=1S/C15H26N5OP/c16-13-10-20(11-22-13)14-8-19-15(9-18-14)21-7-1-2-12-3-5-17-6-4-12/h8-9,12-13,17,22H,1-7,10-11,16H2. The lowest BCUT2D eigenvalue weighted by atomic mass is 9.93. The van der Waals surface area contributed by atoms with Crippen molar-refractivity contribution >= 4 is 14.4 Å². The molecule has 6 nitrogen and oxygen atoms in total. The molecule has 22 heavy (non-hydrogen) atoms. The highest BCUT2D eigenvalue weighted by Crippen LogP contribution is 2.28. The van der Waals surface area contributed by atoms with Gasteiger partial charge in [0.15, 0.2) is 0 Å². The van der Waals surface area contributed by atoms with Crippen LogP contribution in [0.25, 0.3) is 0 Å². The Bertz CT molecular complexity index is 452. The van der Waals surface area contributed by atoms with Crippen LogP contribution >= 0.6 is 8.58 Å². The fourth-order valence-electron chi connectivity index (χ4n) is 3.03. The highest BCUT2D eigenvalue weighted by atomic mass is 31.1. The van der Waals surface area contributed by atoms with E-state index in [-0.39, 0.29) is 5.78 Å². The number of hydrogen-bond donors (Lipinski definition) is 2. The molecule has 2 fully saturated rings. The Labute approximate surface area is 134 Å². The minimum Gasteiger partial charge on any atom is -0.477 e. The lowest BCUT2D eigenvalue weighted by Gasteiger charge is -2.22. The van der Waals surface area contributed by atoms with Gasteiger partial charge in [0.2, 0.25) is 5.88 Å². The molecule has 2 unspecified atom stereocenters. The molecular formula is C15H26N5OP. The minimum atomic E-state index is 0.285. The lowest BCUT2D eigenvalue weighted by Crippen LogP contribution is -2.27. The van der Waals surface area contributed by atoms with Gasteiger partial charge in [0.05, 0.1) is 19.0 Å². The van der Waals surface area contributed by atoms with Crippen LogP contribution in [0.4, 0.5) is 5.82 Å². The molecule has 1 aromatic heterocycles. The van der Waals surface area contributed by atoms with Gasteiger partial charge in [-0.15, -0.1) is 0 Å². The first-order chi connectivity index (χ1) is 10.8. The highest BCUT2D eigenvalue weighted by Gasteiger charge is 2.20. The van der Waals surface area contributed by atoms with Gasteiger partial charge in [-0.2, -0.15) is 0 Å². The van der Waals surface area contributed by atoms with Gasteiger partial charge in [0.1, 0.15) is 5.82 Å². The van der Waals surface area contributed by atoms with Crippen LogP contribution in [0, 0.1) is 5.92 Å². The van der Waals surface area contributed by atoms with E-state index in [0.29, 0.717) is 5.88 Å². The number of hydrogen-bond acceptors (Lipinski definition) is 6. The number of anilines is 1. The lowest BCUT2D eigenvalue weighted by molar-refractivity contribution is 0.266. The zero-order valence-corrected chi connectivity index (χ0v) is 14.0. The maximum absolute atomic E-state index is 5.93. The second-order valence-corrected chi connectivity index (χ2v) is 7.55. The normalized spacial score (nSPS) is 24.0. The minimum absolute atomic E-state index is 0.285. The Hall–Kier alpha value is -0.970. The monoisotopic (exact) mass is 323 g/mol. The third-order valence-electron chi connectivity index (χ3n) is 4.37. The molecule has 3 rings (SSSR count). The van der Waals surface area contributed by atoms with Crippen molar-refractivity contribution in [2.24, 2.45) is 11.7 Å². The summed E-state index contributed by atoms with van der Waals surface area (Å²) in [7, 11) is 0.788. The third-order valence-corrected chi connectivity index (χ3v) is 5.64. The van der Waals surface area contributed by atoms with E-state index >= 15 is 0 Å². The first kappa shape index (κ1) is 15.9. The summed E-state index contributed by atoms with van der Waals surface area (Å²) in [6.07, 6.45) is 9.46. The van der Waals surface area contributed by atoms with Crippen molar-refractivity contribution in [2.75, 3.05) is 37.4 Å². The average Bonchev–Trinajstić information content (AvgIpc) is 3.00. The molecule has 7 heteroatoms. The zero-order valence-electron chi connectivity index (χ0n) is 13.0. The van der Waals surface area contributed by atoms with Gasteiger partial charge < -0.3 is 20.7 Å². The molecular weight excluding hydrogens is 297 g/mol. The van der Waals surface area contributed by atoms with Crippen molar-refractivity contribution in [3.8, 4) is 5.88 Å². The van der Waals surface area contributed by atoms with Gasteiger partial charge >= 0.3 is 0 Å². The third kappa shape index (κ3) is 4.51. The quantitative estimate of drug-likeness (QED) is 0.608. The van der Waals surface area contributed by atoms with E-state index in [9.17, 15) is 0 Å². The molecule has 2 aliphatic heterocycles. The Balaban J connectivity index is 1.37. The number of aromatic nitrogens is 2. The van der Waals surface area contributed by atoms with Crippen molar-refractivity contribution in [3.05, 3.63) is 12.4 Å². The second-order valence-electron chi connectivity index (χ2n) is 6.09. The predicted octanol–water partition coefficient (Wildman–Crippen LogP) is 1.38. The summed E-state index contributed by atoms with van der Waals surface area (Å²) in [5.41, 5.74) is 5.93. The number of rotatable bonds is 6. The molecule has 2 aliphatic rings. The molecule has 0 saturated carbocycles. The van der Waals surface area contributed by atoms with Gasteiger partial charge in [0.25, 0.3) is 0 Å². The van der Waals surface area contributed by atoms with Crippen LogP contribution in [-0.4, -0.2) is 48.3 Å². The molecule has 0 amide bonds. The van der Waals surface area contributed by atoms with E-state index in [0.717, 1.165) is 46.2 Å². The second kappa shape index (κ2) is 8.04. The van der Waals surface area contributed by atoms with Gasteiger partial charge in [-0.25, -0.2) is 9.97 Å². The van der Waals surface area contributed by atoms with Crippen LogP contribution in [0.3, 0.4) is 0 Å². The smallest absolute Gasteiger partial charge is 0.232 e. The van der Waals surface area contributed by atoms with Crippen molar-refractivity contribution in [1.29, 1.82) is 0 Å². The summed E-state index contributed by atoms with van der Waals surface area (Å²) < 4.78 is 5.71. The molecule has 2 atom stereocenters. The summed E-state index contributed by atoms with van der Waals surface area (Å²) in [4.78, 5) is 11.0. The van der Waals surface area contributed by atoms with Crippen molar-refractivity contribution in [3.63, 3.8) is 0 Å². The maximum atomic E-state index is 5.93. The van der Waals surface area contributed by atoms with Gasteiger partial charge in [-0.3, -0.25) is 0 Å². The van der Waals surface area contributed by atoms with Crippen LogP contribution in [0.15, 0.2) is 12.4 Å². The molecule has 0 aromatic carbocycles. The summed E-state index contributed by atoms with van der Waals surface area (Å²) >= 11 is 0. The van der Waals surface area contributed by atoms with E-state index in [1.165, 1.54) is 32.4 Å². The molecule has 2 saturated heterocycles. The molecule has 0 radical (unpaired) electrons. The fraction of sp³-hybridized carbons (Fsp3) is 0.733. The van der Waals surface area contributed by atoms with Crippen molar-refractivity contribution < 1.29 is 4.74 Å².